The highest BCUT2D eigenvalue weighted by molar-refractivity contribution is 5.79. The Hall–Kier alpha value is -3.51. The fourth-order valence-corrected chi connectivity index (χ4v) is 2.64. The van der Waals surface area contributed by atoms with Gasteiger partial charge in [0.15, 0.2) is 5.82 Å². The summed E-state index contributed by atoms with van der Waals surface area (Å²) in [5, 5.41) is 1.02. The van der Waals surface area contributed by atoms with Gasteiger partial charge in [-0.15, -0.1) is 0 Å². The molecule has 4 rings (SSSR count). The third-order valence-corrected chi connectivity index (χ3v) is 4.19. The Morgan fingerprint density at radius 1 is 0.769 bits per heavy atom. The second kappa shape index (κ2) is 6.78. The minimum Gasteiger partial charge on any atom is -0.236 e. The summed E-state index contributed by atoms with van der Waals surface area (Å²) in [6.07, 6.45) is 1.83. The highest BCUT2D eigenvalue weighted by Crippen LogP contribution is 2.18. The van der Waals surface area contributed by atoms with Crippen molar-refractivity contribution < 1.29 is 0 Å². The Labute approximate surface area is 152 Å². The molecule has 0 saturated heterocycles. The molecular weight excluding hydrogens is 318 g/mol. The van der Waals surface area contributed by atoms with E-state index < -0.39 is 0 Å². The maximum Gasteiger partial charge on any atom is 0.178 e. The lowest BCUT2D eigenvalue weighted by atomic mass is 10.1. The van der Waals surface area contributed by atoms with Gasteiger partial charge in [-0.1, -0.05) is 47.9 Å². The summed E-state index contributed by atoms with van der Waals surface area (Å²) >= 11 is 0. The molecule has 0 saturated carbocycles. The lowest BCUT2D eigenvalue weighted by Crippen LogP contribution is -1.96. The number of hydrogen-bond acceptors (Lipinski definition) is 3. The maximum atomic E-state index is 4.68. The molecule has 3 heteroatoms. The maximum absolute atomic E-state index is 4.68. The van der Waals surface area contributed by atoms with Gasteiger partial charge in [-0.25, -0.2) is 15.0 Å². The summed E-state index contributed by atoms with van der Waals surface area (Å²) in [6, 6.07) is 20.0. The van der Waals surface area contributed by atoms with E-state index in [9.17, 15) is 0 Å². The van der Waals surface area contributed by atoms with Crippen molar-refractivity contribution in [1.82, 2.24) is 15.0 Å². The van der Waals surface area contributed by atoms with Crippen LogP contribution in [0, 0.1) is 25.7 Å². The van der Waals surface area contributed by atoms with E-state index in [0.29, 0.717) is 5.82 Å². The number of hydrogen-bond donors (Lipinski definition) is 0. The van der Waals surface area contributed by atoms with Crippen molar-refractivity contribution in [1.29, 1.82) is 0 Å². The van der Waals surface area contributed by atoms with Gasteiger partial charge in [0.25, 0.3) is 0 Å². The summed E-state index contributed by atoms with van der Waals surface area (Å²) in [5.74, 6) is 6.98. The number of fused-ring (bicyclic) bond motifs is 1. The molecule has 124 valence electrons. The molecule has 0 atom stereocenters. The van der Waals surface area contributed by atoms with Crippen LogP contribution in [0.15, 0.2) is 66.9 Å². The third kappa shape index (κ3) is 3.31. The standard InChI is InChI=1S/C23H17N3/c1-16-7-10-18(11-8-16)12-14-20-17(2)9-13-22(25-20)23-24-15-19-5-3-4-6-21(19)26-23/h3-11,13,15H,1-2H3. The molecule has 3 nitrogen and oxygen atoms in total. The Bertz CT molecular complexity index is 1150. The number of para-hydroxylation sites is 1. The quantitative estimate of drug-likeness (QED) is 0.473. The molecule has 0 radical (unpaired) electrons. The molecule has 0 amide bonds. The second-order valence-electron chi connectivity index (χ2n) is 6.23. The molecule has 0 unspecified atom stereocenters. The van der Waals surface area contributed by atoms with Crippen molar-refractivity contribution in [3.63, 3.8) is 0 Å². The van der Waals surface area contributed by atoms with Crippen LogP contribution < -0.4 is 0 Å². The van der Waals surface area contributed by atoms with Crippen molar-refractivity contribution >= 4 is 10.9 Å². The monoisotopic (exact) mass is 335 g/mol. The molecule has 0 aliphatic heterocycles. The van der Waals surface area contributed by atoms with Crippen LogP contribution in [-0.2, 0) is 0 Å². The molecule has 0 fully saturated rings. The first-order chi connectivity index (χ1) is 12.7. The number of pyridine rings is 1. The fraction of sp³-hybridized carbons (Fsp3) is 0.0870. The van der Waals surface area contributed by atoms with Crippen molar-refractivity contribution in [2.24, 2.45) is 0 Å². The van der Waals surface area contributed by atoms with Crippen molar-refractivity contribution in [3.05, 3.63) is 89.2 Å². The summed E-state index contributed by atoms with van der Waals surface area (Å²) in [5.41, 5.74) is 5.63. The van der Waals surface area contributed by atoms with E-state index in [-0.39, 0.29) is 0 Å². The lowest BCUT2D eigenvalue weighted by Gasteiger charge is -2.04. The normalized spacial score (nSPS) is 10.4. The molecule has 0 N–H and O–H groups in total. The minimum absolute atomic E-state index is 0.613. The average molecular weight is 335 g/mol. The first kappa shape index (κ1) is 16.0. The predicted molar refractivity (Wildman–Crippen MR) is 105 cm³/mol. The van der Waals surface area contributed by atoms with Crippen LogP contribution in [0.3, 0.4) is 0 Å². The Morgan fingerprint density at radius 3 is 2.42 bits per heavy atom. The topological polar surface area (TPSA) is 38.7 Å². The highest BCUT2D eigenvalue weighted by Gasteiger charge is 2.07. The molecule has 4 aromatic rings. The minimum atomic E-state index is 0.613. The first-order valence-electron chi connectivity index (χ1n) is 8.47. The van der Waals surface area contributed by atoms with Crippen LogP contribution in [0.25, 0.3) is 22.4 Å². The van der Waals surface area contributed by atoms with E-state index in [2.05, 4.69) is 45.8 Å². The predicted octanol–water partition coefficient (Wildman–Crippen LogP) is 4.71. The van der Waals surface area contributed by atoms with Gasteiger partial charge in [-0.05, 0) is 49.6 Å². The van der Waals surface area contributed by atoms with E-state index in [1.807, 2.05) is 61.7 Å². The average Bonchev–Trinajstić information content (AvgIpc) is 2.68. The molecule has 0 aliphatic carbocycles. The Balaban J connectivity index is 1.72. The van der Waals surface area contributed by atoms with Crippen LogP contribution in [0.2, 0.25) is 0 Å². The molecule has 2 aromatic heterocycles. The smallest absolute Gasteiger partial charge is 0.178 e. The van der Waals surface area contributed by atoms with Crippen LogP contribution in [0.5, 0.6) is 0 Å². The molecule has 2 heterocycles. The van der Waals surface area contributed by atoms with Gasteiger partial charge in [-0.2, -0.15) is 0 Å². The van der Waals surface area contributed by atoms with Crippen molar-refractivity contribution in [2.75, 3.05) is 0 Å². The molecule has 26 heavy (non-hydrogen) atoms. The number of nitrogens with zero attached hydrogens (tertiary/aromatic N) is 3. The molecular formula is C23H17N3. The van der Waals surface area contributed by atoms with Crippen LogP contribution in [-0.4, -0.2) is 15.0 Å². The van der Waals surface area contributed by atoms with Crippen molar-refractivity contribution in [3.8, 4) is 23.4 Å². The summed E-state index contributed by atoms with van der Waals surface area (Å²) in [4.78, 5) is 13.8. The zero-order valence-electron chi connectivity index (χ0n) is 14.7. The van der Waals surface area contributed by atoms with Crippen LogP contribution >= 0.6 is 0 Å². The SMILES string of the molecule is Cc1ccc(C#Cc2nc(-c3ncc4ccccc4n3)ccc2C)cc1. The Kier molecular flexibility index (Phi) is 4.17. The third-order valence-electron chi connectivity index (χ3n) is 4.19. The van der Waals surface area contributed by atoms with Gasteiger partial charge in [-0.3, -0.25) is 0 Å². The van der Waals surface area contributed by atoms with Crippen LogP contribution in [0.4, 0.5) is 0 Å². The first-order valence-corrected chi connectivity index (χ1v) is 8.47. The number of aryl methyl sites for hydroxylation is 2. The Morgan fingerprint density at radius 2 is 1.58 bits per heavy atom. The van der Waals surface area contributed by atoms with E-state index in [0.717, 1.165) is 33.4 Å². The number of benzene rings is 2. The van der Waals surface area contributed by atoms with E-state index in [1.54, 1.807) is 0 Å². The van der Waals surface area contributed by atoms with Gasteiger partial charge in [0.2, 0.25) is 0 Å². The van der Waals surface area contributed by atoms with Gasteiger partial charge < -0.3 is 0 Å². The van der Waals surface area contributed by atoms with Gasteiger partial charge in [0.1, 0.15) is 11.4 Å². The molecule has 0 aliphatic rings. The number of aromatic nitrogens is 3. The summed E-state index contributed by atoms with van der Waals surface area (Å²) in [7, 11) is 0. The zero-order chi connectivity index (χ0) is 17.9. The van der Waals surface area contributed by atoms with Gasteiger partial charge >= 0.3 is 0 Å². The number of rotatable bonds is 1. The summed E-state index contributed by atoms with van der Waals surface area (Å²) in [6.45, 7) is 4.08. The molecule has 0 spiro atoms. The summed E-state index contributed by atoms with van der Waals surface area (Å²) < 4.78 is 0. The van der Waals surface area contributed by atoms with E-state index in [4.69, 9.17) is 0 Å². The van der Waals surface area contributed by atoms with Crippen LogP contribution in [0.1, 0.15) is 22.4 Å². The highest BCUT2D eigenvalue weighted by atomic mass is 14.9. The second-order valence-corrected chi connectivity index (χ2v) is 6.23. The van der Waals surface area contributed by atoms with Gasteiger partial charge in [0, 0.05) is 17.1 Å². The fourth-order valence-electron chi connectivity index (χ4n) is 2.64. The van der Waals surface area contributed by atoms with E-state index in [1.165, 1.54) is 5.56 Å². The zero-order valence-corrected chi connectivity index (χ0v) is 14.7. The molecule has 2 aromatic carbocycles. The van der Waals surface area contributed by atoms with E-state index >= 15 is 0 Å². The van der Waals surface area contributed by atoms with Crippen molar-refractivity contribution in [2.45, 2.75) is 13.8 Å². The molecule has 0 bridgehead atoms. The lowest BCUT2D eigenvalue weighted by molar-refractivity contribution is 1.15. The largest absolute Gasteiger partial charge is 0.236 e. The van der Waals surface area contributed by atoms with Gasteiger partial charge in [0.05, 0.1) is 5.52 Å².